The van der Waals surface area contributed by atoms with Crippen LogP contribution in [-0.4, -0.2) is 27.2 Å². The molecule has 0 bridgehead atoms. The van der Waals surface area contributed by atoms with E-state index >= 15 is 0 Å². The zero-order chi connectivity index (χ0) is 20.0. The van der Waals surface area contributed by atoms with Crippen LogP contribution in [0.4, 0.5) is 0 Å². The summed E-state index contributed by atoms with van der Waals surface area (Å²) in [6.45, 7) is 0. The van der Waals surface area contributed by atoms with Gasteiger partial charge in [-0.2, -0.15) is 0 Å². The molecule has 0 spiro atoms. The Morgan fingerprint density at radius 1 is 1.00 bits per heavy atom. The average Bonchev–Trinajstić information content (AvgIpc) is 3.04. The van der Waals surface area contributed by atoms with E-state index in [1.807, 2.05) is 0 Å². The smallest absolute Gasteiger partial charge is 0.288 e. The summed E-state index contributed by atoms with van der Waals surface area (Å²) in [6, 6.07) is 7.34. The van der Waals surface area contributed by atoms with Gasteiger partial charge in [-0.3, -0.25) is 9.59 Å². The van der Waals surface area contributed by atoms with Crippen molar-refractivity contribution in [1.29, 1.82) is 0 Å². The number of fused-ring (bicyclic) bond motifs is 2. The summed E-state index contributed by atoms with van der Waals surface area (Å²) in [5, 5.41) is 3.50. The van der Waals surface area contributed by atoms with Gasteiger partial charge in [-0.05, 0) is 35.9 Å². The number of amides is 1. The summed E-state index contributed by atoms with van der Waals surface area (Å²) < 4.78 is 21.8. The van der Waals surface area contributed by atoms with Crippen LogP contribution in [0.1, 0.15) is 27.7 Å². The fraction of sp³-hybridized carbons (Fsp3) is 0.200. The van der Waals surface area contributed by atoms with Crippen molar-refractivity contribution in [2.75, 3.05) is 21.3 Å². The first-order chi connectivity index (χ1) is 13.5. The maximum atomic E-state index is 13.1. The van der Waals surface area contributed by atoms with Gasteiger partial charge in [0.2, 0.25) is 11.5 Å². The fourth-order valence-electron chi connectivity index (χ4n) is 3.40. The van der Waals surface area contributed by atoms with Crippen molar-refractivity contribution in [3.05, 3.63) is 62.5 Å². The highest BCUT2D eigenvalue weighted by molar-refractivity contribution is 6.31. The first-order valence-electron chi connectivity index (χ1n) is 8.35. The predicted octanol–water partition coefficient (Wildman–Crippen LogP) is 3.31. The minimum atomic E-state index is -0.726. The van der Waals surface area contributed by atoms with Gasteiger partial charge in [-0.15, -0.1) is 0 Å². The lowest BCUT2D eigenvalue weighted by Gasteiger charge is -2.17. The Morgan fingerprint density at radius 2 is 1.68 bits per heavy atom. The molecule has 3 aromatic rings. The first kappa shape index (κ1) is 18.2. The number of halogens is 1. The predicted molar refractivity (Wildman–Crippen MR) is 103 cm³/mol. The zero-order valence-electron chi connectivity index (χ0n) is 15.3. The van der Waals surface area contributed by atoms with E-state index in [0.717, 1.165) is 0 Å². The molecule has 1 atom stereocenters. The van der Waals surface area contributed by atoms with Gasteiger partial charge >= 0.3 is 0 Å². The van der Waals surface area contributed by atoms with Gasteiger partial charge in [-0.1, -0.05) is 11.6 Å². The molecule has 2 aromatic carbocycles. The summed E-state index contributed by atoms with van der Waals surface area (Å²) in [4.78, 5) is 25.6. The van der Waals surface area contributed by atoms with E-state index in [9.17, 15) is 9.59 Å². The summed E-state index contributed by atoms with van der Waals surface area (Å²) in [5.74, 6) is 0.748. The molecular weight excluding hydrogens is 386 g/mol. The Morgan fingerprint density at radius 3 is 2.29 bits per heavy atom. The van der Waals surface area contributed by atoms with Crippen molar-refractivity contribution in [3.63, 3.8) is 0 Å². The lowest BCUT2D eigenvalue weighted by Crippen LogP contribution is -2.22. The minimum Gasteiger partial charge on any atom is -0.493 e. The molecule has 0 saturated heterocycles. The lowest BCUT2D eigenvalue weighted by molar-refractivity contribution is 0.0937. The lowest BCUT2D eigenvalue weighted by atomic mass is 9.98. The molecule has 28 heavy (non-hydrogen) atoms. The summed E-state index contributed by atoms with van der Waals surface area (Å²) >= 11 is 6.03. The summed E-state index contributed by atoms with van der Waals surface area (Å²) in [5.41, 5.74) is 0.786. The van der Waals surface area contributed by atoms with Crippen molar-refractivity contribution in [3.8, 4) is 17.2 Å². The van der Waals surface area contributed by atoms with E-state index in [-0.39, 0.29) is 16.8 Å². The third-order valence-corrected chi connectivity index (χ3v) is 4.91. The van der Waals surface area contributed by atoms with Gasteiger partial charge in [0.25, 0.3) is 5.91 Å². The number of benzene rings is 2. The highest BCUT2D eigenvalue weighted by atomic mass is 35.5. The topological polar surface area (TPSA) is 87.0 Å². The molecule has 1 aliphatic rings. The number of ether oxygens (including phenoxy) is 3. The van der Waals surface area contributed by atoms with Crippen LogP contribution in [0, 0.1) is 0 Å². The van der Waals surface area contributed by atoms with Gasteiger partial charge < -0.3 is 23.9 Å². The van der Waals surface area contributed by atoms with Crippen LogP contribution in [-0.2, 0) is 0 Å². The molecule has 1 aromatic heterocycles. The molecule has 0 unspecified atom stereocenters. The van der Waals surface area contributed by atoms with E-state index < -0.39 is 11.9 Å². The van der Waals surface area contributed by atoms with Crippen LogP contribution in [0.25, 0.3) is 11.0 Å². The molecule has 0 aliphatic carbocycles. The molecule has 1 aliphatic heterocycles. The number of methoxy groups -OCH3 is 3. The molecule has 8 heteroatoms. The van der Waals surface area contributed by atoms with Gasteiger partial charge in [0, 0.05) is 5.02 Å². The Balaban J connectivity index is 1.96. The summed E-state index contributed by atoms with van der Waals surface area (Å²) in [7, 11) is 4.48. The molecule has 2 heterocycles. The van der Waals surface area contributed by atoms with Crippen LogP contribution in [0.5, 0.6) is 17.2 Å². The normalized spacial score (nSPS) is 15.3. The Bertz CT molecular complexity index is 1140. The van der Waals surface area contributed by atoms with Gasteiger partial charge in [0.1, 0.15) is 5.58 Å². The van der Waals surface area contributed by atoms with E-state index in [2.05, 4.69) is 5.32 Å². The second kappa shape index (κ2) is 6.76. The summed E-state index contributed by atoms with van der Waals surface area (Å²) in [6.07, 6.45) is 0. The van der Waals surface area contributed by atoms with Crippen LogP contribution < -0.4 is 25.0 Å². The molecule has 0 saturated carbocycles. The molecule has 144 valence electrons. The van der Waals surface area contributed by atoms with Crippen molar-refractivity contribution < 1.29 is 23.4 Å². The van der Waals surface area contributed by atoms with E-state index in [0.29, 0.717) is 38.8 Å². The highest BCUT2D eigenvalue weighted by Gasteiger charge is 2.37. The van der Waals surface area contributed by atoms with Crippen LogP contribution in [0.3, 0.4) is 0 Å². The van der Waals surface area contributed by atoms with Crippen LogP contribution in [0.15, 0.2) is 39.5 Å². The van der Waals surface area contributed by atoms with Crippen LogP contribution >= 0.6 is 11.6 Å². The number of carbonyl (C=O) groups excluding carboxylic acids is 1. The minimum absolute atomic E-state index is 0.0152. The number of nitrogens with one attached hydrogen (secondary N) is 1. The Kier molecular flexibility index (Phi) is 4.39. The Hall–Kier alpha value is -3.19. The number of carbonyl (C=O) groups is 1. The standard InChI is InChI=1S/C20H16ClNO6/c1-25-13-6-9(7-14(26-2)18(13)27-3)16-15-17(23)11-8-10(21)4-5-12(11)28-19(15)20(24)22-16/h4-8,16H,1-3H3,(H,22,24)/t16-/m1/s1. The molecule has 1 N–H and O–H groups in total. The van der Waals surface area contributed by atoms with E-state index in [1.165, 1.54) is 27.4 Å². The highest BCUT2D eigenvalue weighted by Crippen LogP contribution is 2.42. The van der Waals surface area contributed by atoms with Crippen molar-refractivity contribution >= 4 is 28.5 Å². The van der Waals surface area contributed by atoms with Crippen LogP contribution in [0.2, 0.25) is 5.02 Å². The fourth-order valence-corrected chi connectivity index (χ4v) is 3.57. The monoisotopic (exact) mass is 401 g/mol. The number of rotatable bonds is 4. The largest absolute Gasteiger partial charge is 0.493 e. The molecule has 7 nitrogen and oxygen atoms in total. The van der Waals surface area contributed by atoms with Gasteiger partial charge in [0.15, 0.2) is 16.9 Å². The average molecular weight is 402 g/mol. The van der Waals surface area contributed by atoms with Gasteiger partial charge in [-0.25, -0.2) is 0 Å². The molecule has 0 fully saturated rings. The number of hydrogen-bond donors (Lipinski definition) is 1. The SMILES string of the molecule is COc1cc([C@H]2NC(=O)c3oc4ccc(Cl)cc4c(=O)c32)cc(OC)c1OC. The van der Waals surface area contributed by atoms with E-state index in [4.69, 9.17) is 30.2 Å². The van der Waals surface area contributed by atoms with E-state index in [1.54, 1.807) is 24.3 Å². The molecule has 4 rings (SSSR count). The third kappa shape index (κ3) is 2.66. The van der Waals surface area contributed by atoms with Crippen molar-refractivity contribution in [1.82, 2.24) is 5.32 Å². The number of hydrogen-bond acceptors (Lipinski definition) is 6. The molecule has 1 amide bonds. The Labute approximate surface area is 164 Å². The first-order valence-corrected chi connectivity index (χ1v) is 8.73. The maximum absolute atomic E-state index is 13.1. The van der Waals surface area contributed by atoms with Crippen molar-refractivity contribution in [2.45, 2.75) is 6.04 Å². The second-order valence-electron chi connectivity index (χ2n) is 6.18. The van der Waals surface area contributed by atoms with Crippen molar-refractivity contribution in [2.24, 2.45) is 0 Å². The molecule has 0 radical (unpaired) electrons. The zero-order valence-corrected chi connectivity index (χ0v) is 16.0. The quantitative estimate of drug-likeness (QED) is 0.721. The van der Waals surface area contributed by atoms with Gasteiger partial charge in [0.05, 0.1) is 38.3 Å². The third-order valence-electron chi connectivity index (χ3n) is 4.68. The second-order valence-corrected chi connectivity index (χ2v) is 6.62. The maximum Gasteiger partial charge on any atom is 0.288 e. The molecular formula is C20H16ClNO6.